The van der Waals surface area contributed by atoms with E-state index in [1.54, 1.807) is 0 Å². The van der Waals surface area contributed by atoms with Crippen LogP contribution in [-0.2, 0) is 4.79 Å². The van der Waals surface area contributed by atoms with Crippen molar-refractivity contribution in [3.05, 3.63) is 59.9 Å². The first-order valence-electron chi connectivity index (χ1n) is 8.41. The van der Waals surface area contributed by atoms with Gasteiger partial charge in [-0.1, -0.05) is 12.1 Å². The maximum absolute atomic E-state index is 13.8. The standard InChI is InChI=1S/C18H10F7N3O4/c19-12-4-2-1-3-11(12)13(29)26-16(17(20,21)22)14(30)28(15(31)27-16)9-5-7-10(8-6-9)32-18(23,24)25/h1-8H,(H,26,29)(H,27,31). The number of halogens is 7. The summed E-state index contributed by atoms with van der Waals surface area (Å²) in [4.78, 5) is 37.1. The fourth-order valence-corrected chi connectivity index (χ4v) is 2.79. The van der Waals surface area contributed by atoms with Gasteiger partial charge in [0, 0.05) is 0 Å². The van der Waals surface area contributed by atoms with Crippen molar-refractivity contribution in [3.8, 4) is 5.75 Å². The van der Waals surface area contributed by atoms with Crippen molar-refractivity contribution < 1.29 is 49.9 Å². The molecule has 0 bridgehead atoms. The summed E-state index contributed by atoms with van der Waals surface area (Å²) in [5, 5.41) is 2.64. The first kappa shape index (κ1) is 22.8. The van der Waals surface area contributed by atoms with E-state index in [0.29, 0.717) is 12.1 Å². The second kappa shape index (κ2) is 7.69. The van der Waals surface area contributed by atoms with Crippen molar-refractivity contribution in [1.29, 1.82) is 0 Å². The molecule has 4 amide bonds. The number of hydrogen-bond donors (Lipinski definition) is 2. The molecule has 170 valence electrons. The number of imide groups is 1. The largest absolute Gasteiger partial charge is 0.573 e. The molecular formula is C18H10F7N3O4. The fourth-order valence-electron chi connectivity index (χ4n) is 2.79. The predicted molar refractivity (Wildman–Crippen MR) is 91.8 cm³/mol. The summed E-state index contributed by atoms with van der Waals surface area (Å²) in [5.74, 6) is -5.60. The summed E-state index contributed by atoms with van der Waals surface area (Å²) in [6, 6.07) is 5.11. The van der Waals surface area contributed by atoms with Crippen LogP contribution in [0.4, 0.5) is 41.2 Å². The molecule has 2 aromatic rings. The second-order valence-electron chi connectivity index (χ2n) is 6.29. The van der Waals surface area contributed by atoms with Gasteiger partial charge in [-0.25, -0.2) is 14.1 Å². The number of nitrogens with zero attached hydrogens (tertiary/aromatic N) is 1. The van der Waals surface area contributed by atoms with E-state index in [4.69, 9.17) is 0 Å². The molecule has 14 heteroatoms. The number of alkyl halides is 6. The summed E-state index contributed by atoms with van der Waals surface area (Å²) in [6.45, 7) is 0. The lowest BCUT2D eigenvalue weighted by Crippen LogP contribution is -2.69. The number of rotatable bonds is 4. The van der Waals surface area contributed by atoms with Gasteiger partial charge in [0.05, 0.1) is 11.3 Å². The van der Waals surface area contributed by atoms with Crippen LogP contribution in [0, 0.1) is 5.82 Å². The Kier molecular flexibility index (Phi) is 5.49. The van der Waals surface area contributed by atoms with Crippen LogP contribution in [0.3, 0.4) is 0 Å². The molecule has 0 spiro atoms. The molecule has 1 unspecified atom stereocenters. The molecule has 0 aliphatic carbocycles. The topological polar surface area (TPSA) is 87.7 Å². The van der Waals surface area contributed by atoms with Crippen LogP contribution in [0.25, 0.3) is 0 Å². The Morgan fingerprint density at radius 1 is 0.969 bits per heavy atom. The van der Waals surface area contributed by atoms with Gasteiger partial charge in [0.1, 0.15) is 11.6 Å². The minimum atomic E-state index is -5.57. The predicted octanol–water partition coefficient (Wildman–Crippen LogP) is 3.47. The highest BCUT2D eigenvalue weighted by atomic mass is 19.4. The number of hydrogen-bond acceptors (Lipinski definition) is 4. The SMILES string of the molecule is O=C(NC1(C(F)(F)F)NC(=O)N(c2ccc(OC(F)(F)F)cc2)C1=O)c1ccccc1F. The van der Waals surface area contributed by atoms with E-state index in [1.807, 2.05) is 0 Å². The fraction of sp³-hybridized carbons (Fsp3) is 0.167. The zero-order valence-electron chi connectivity index (χ0n) is 15.3. The Morgan fingerprint density at radius 2 is 1.56 bits per heavy atom. The number of benzene rings is 2. The number of carbonyl (C=O) groups excluding carboxylic acids is 3. The van der Waals surface area contributed by atoms with E-state index < -0.39 is 58.9 Å². The minimum absolute atomic E-state index is 0.0352. The molecule has 0 radical (unpaired) electrons. The molecule has 1 saturated heterocycles. The van der Waals surface area contributed by atoms with Gasteiger partial charge in [-0.3, -0.25) is 14.9 Å². The summed E-state index contributed by atoms with van der Waals surface area (Å²) >= 11 is 0. The Hall–Kier alpha value is -3.84. The van der Waals surface area contributed by atoms with Gasteiger partial charge in [-0.2, -0.15) is 13.2 Å². The first-order chi connectivity index (χ1) is 14.7. The molecule has 1 fully saturated rings. The van der Waals surface area contributed by atoms with E-state index in [0.717, 1.165) is 30.3 Å². The van der Waals surface area contributed by atoms with Crippen LogP contribution in [0.15, 0.2) is 48.5 Å². The highest BCUT2D eigenvalue weighted by molar-refractivity contribution is 6.24. The minimum Gasteiger partial charge on any atom is -0.406 e. The highest BCUT2D eigenvalue weighted by Crippen LogP contribution is 2.36. The van der Waals surface area contributed by atoms with E-state index in [1.165, 1.54) is 16.7 Å². The maximum Gasteiger partial charge on any atom is 0.573 e. The van der Waals surface area contributed by atoms with Gasteiger partial charge in [-0.05, 0) is 36.4 Å². The van der Waals surface area contributed by atoms with Crippen LogP contribution >= 0.6 is 0 Å². The van der Waals surface area contributed by atoms with Gasteiger partial charge in [0.15, 0.2) is 0 Å². The lowest BCUT2D eigenvalue weighted by atomic mass is 10.1. The van der Waals surface area contributed by atoms with E-state index in [9.17, 15) is 45.1 Å². The van der Waals surface area contributed by atoms with Crippen molar-refractivity contribution in [2.24, 2.45) is 0 Å². The Balaban J connectivity index is 1.95. The zero-order valence-corrected chi connectivity index (χ0v) is 15.3. The molecule has 1 heterocycles. The summed E-state index contributed by atoms with van der Waals surface area (Å²) < 4.78 is 95.7. The lowest BCUT2D eigenvalue weighted by molar-refractivity contribution is -0.274. The van der Waals surface area contributed by atoms with Crippen LogP contribution in [-0.4, -0.2) is 36.0 Å². The summed E-state index contributed by atoms with van der Waals surface area (Å²) in [5.41, 5.74) is -5.33. The van der Waals surface area contributed by atoms with Gasteiger partial charge >= 0.3 is 18.6 Å². The summed E-state index contributed by atoms with van der Waals surface area (Å²) in [7, 11) is 0. The quantitative estimate of drug-likeness (QED) is 0.535. The lowest BCUT2D eigenvalue weighted by Gasteiger charge is -2.29. The van der Waals surface area contributed by atoms with Crippen LogP contribution < -0.4 is 20.3 Å². The number of carbonyl (C=O) groups is 3. The molecule has 0 saturated carbocycles. The highest BCUT2D eigenvalue weighted by Gasteiger charge is 2.69. The van der Waals surface area contributed by atoms with Crippen molar-refractivity contribution in [3.63, 3.8) is 0 Å². The summed E-state index contributed by atoms with van der Waals surface area (Å²) in [6.07, 6.45) is -10.6. The number of anilines is 1. The molecule has 3 rings (SSSR count). The smallest absolute Gasteiger partial charge is 0.406 e. The number of urea groups is 1. The average molecular weight is 465 g/mol. The number of amides is 4. The van der Waals surface area contributed by atoms with Gasteiger partial charge in [0.2, 0.25) is 0 Å². The maximum atomic E-state index is 13.8. The third-order valence-electron chi connectivity index (χ3n) is 4.19. The average Bonchev–Trinajstić information content (AvgIpc) is 2.92. The van der Waals surface area contributed by atoms with Gasteiger partial charge in [0.25, 0.3) is 17.5 Å². The van der Waals surface area contributed by atoms with Gasteiger partial charge in [-0.15, -0.1) is 13.2 Å². The molecule has 7 nitrogen and oxygen atoms in total. The number of ether oxygens (including phenoxy) is 1. The normalized spacial score (nSPS) is 19.0. The van der Waals surface area contributed by atoms with Crippen LogP contribution in [0.2, 0.25) is 0 Å². The molecule has 2 N–H and O–H groups in total. The number of nitrogens with one attached hydrogen (secondary N) is 2. The monoisotopic (exact) mass is 465 g/mol. The Bertz CT molecular complexity index is 1070. The first-order valence-corrected chi connectivity index (χ1v) is 8.41. The van der Waals surface area contributed by atoms with E-state index in [-0.39, 0.29) is 4.90 Å². The van der Waals surface area contributed by atoms with Crippen molar-refractivity contribution in [2.45, 2.75) is 18.2 Å². The van der Waals surface area contributed by atoms with E-state index >= 15 is 0 Å². The third kappa shape index (κ3) is 4.15. The molecule has 1 aliphatic heterocycles. The zero-order chi connectivity index (χ0) is 23.9. The molecule has 1 aliphatic rings. The van der Waals surface area contributed by atoms with E-state index in [2.05, 4.69) is 4.74 Å². The Morgan fingerprint density at radius 3 is 2.09 bits per heavy atom. The van der Waals surface area contributed by atoms with Crippen molar-refractivity contribution in [2.75, 3.05) is 4.90 Å². The third-order valence-corrected chi connectivity index (χ3v) is 4.19. The molecular weight excluding hydrogens is 455 g/mol. The van der Waals surface area contributed by atoms with Crippen LogP contribution in [0.5, 0.6) is 5.75 Å². The molecule has 1 atom stereocenters. The van der Waals surface area contributed by atoms with Crippen LogP contribution in [0.1, 0.15) is 10.4 Å². The molecule has 0 aromatic heterocycles. The van der Waals surface area contributed by atoms with Crippen molar-refractivity contribution in [1.82, 2.24) is 10.6 Å². The van der Waals surface area contributed by atoms with Crippen molar-refractivity contribution >= 4 is 23.5 Å². The Labute approximate surface area is 173 Å². The molecule has 2 aromatic carbocycles. The molecule has 32 heavy (non-hydrogen) atoms. The second-order valence-corrected chi connectivity index (χ2v) is 6.29. The van der Waals surface area contributed by atoms with Gasteiger partial charge < -0.3 is 10.1 Å².